The van der Waals surface area contributed by atoms with Crippen LogP contribution in [-0.2, 0) is 9.53 Å². The molecule has 0 rings (SSSR count). The van der Waals surface area contributed by atoms with Gasteiger partial charge in [0.05, 0.1) is 12.9 Å². The Bertz CT molecular complexity index is 123. The molecule has 0 saturated heterocycles. The molecule has 9 heavy (non-hydrogen) atoms. The number of thiocarbonyl (C=S) groups is 1. The van der Waals surface area contributed by atoms with E-state index >= 15 is 0 Å². The SMILES string of the molecule is COC(=S)SCC(=O)O. The van der Waals surface area contributed by atoms with Crippen molar-refractivity contribution in [2.45, 2.75) is 0 Å². The number of rotatable bonds is 2. The lowest BCUT2D eigenvalue weighted by molar-refractivity contribution is -0.133. The van der Waals surface area contributed by atoms with E-state index in [2.05, 4.69) is 17.0 Å². The lowest BCUT2D eigenvalue weighted by Crippen LogP contribution is -2.01. The van der Waals surface area contributed by atoms with Gasteiger partial charge in [0.25, 0.3) is 0 Å². The van der Waals surface area contributed by atoms with Gasteiger partial charge in [-0.1, -0.05) is 11.8 Å². The van der Waals surface area contributed by atoms with Crippen molar-refractivity contribution < 1.29 is 14.6 Å². The smallest absolute Gasteiger partial charge is 0.313 e. The number of hydrogen-bond acceptors (Lipinski definition) is 4. The number of methoxy groups -OCH3 is 1. The van der Waals surface area contributed by atoms with Crippen molar-refractivity contribution >= 4 is 34.3 Å². The first-order valence-corrected chi connectivity index (χ1v) is 3.48. The zero-order chi connectivity index (χ0) is 7.28. The van der Waals surface area contributed by atoms with Crippen LogP contribution in [0.25, 0.3) is 0 Å². The van der Waals surface area contributed by atoms with E-state index in [1.807, 2.05) is 0 Å². The molecule has 0 aliphatic heterocycles. The molecule has 3 nitrogen and oxygen atoms in total. The van der Waals surface area contributed by atoms with E-state index in [0.717, 1.165) is 11.8 Å². The van der Waals surface area contributed by atoms with Gasteiger partial charge in [0.15, 0.2) is 0 Å². The Labute approximate surface area is 62.4 Å². The predicted octanol–water partition coefficient (Wildman–Crippen LogP) is 0.735. The normalized spacial score (nSPS) is 8.56. The van der Waals surface area contributed by atoms with Crippen molar-refractivity contribution in [1.29, 1.82) is 0 Å². The fraction of sp³-hybridized carbons (Fsp3) is 0.500. The van der Waals surface area contributed by atoms with Crippen LogP contribution in [-0.4, -0.2) is 28.3 Å². The predicted molar refractivity (Wildman–Crippen MR) is 39.7 cm³/mol. The minimum atomic E-state index is -0.889. The van der Waals surface area contributed by atoms with Crippen molar-refractivity contribution in [3.8, 4) is 0 Å². The van der Waals surface area contributed by atoms with Crippen molar-refractivity contribution in [3.63, 3.8) is 0 Å². The highest BCUT2D eigenvalue weighted by atomic mass is 32.2. The Hall–Kier alpha value is -0.290. The molecule has 0 aliphatic rings. The summed E-state index contributed by atoms with van der Waals surface area (Å²) in [7, 11) is 1.41. The molecule has 0 aromatic carbocycles. The highest BCUT2D eigenvalue weighted by molar-refractivity contribution is 8.22. The summed E-state index contributed by atoms with van der Waals surface area (Å²) in [6.07, 6.45) is 0. The molecule has 1 N–H and O–H groups in total. The first kappa shape index (κ1) is 8.71. The molecule has 52 valence electrons. The zero-order valence-electron chi connectivity index (χ0n) is 4.79. The van der Waals surface area contributed by atoms with E-state index in [1.54, 1.807) is 0 Å². The van der Waals surface area contributed by atoms with Crippen LogP contribution in [0.2, 0.25) is 0 Å². The van der Waals surface area contributed by atoms with E-state index in [0.29, 0.717) is 0 Å². The Morgan fingerprint density at radius 1 is 1.89 bits per heavy atom. The molecule has 0 fully saturated rings. The number of carboxylic acid groups (broad SMARTS) is 1. The molecule has 0 atom stereocenters. The lowest BCUT2D eigenvalue weighted by atomic mass is 10.8. The quantitative estimate of drug-likeness (QED) is 0.613. The van der Waals surface area contributed by atoms with Gasteiger partial charge in [0.2, 0.25) is 4.38 Å². The van der Waals surface area contributed by atoms with Gasteiger partial charge in [0.1, 0.15) is 0 Å². The molecule has 0 aromatic rings. The molecule has 0 aliphatic carbocycles. The van der Waals surface area contributed by atoms with Crippen LogP contribution in [0.5, 0.6) is 0 Å². The summed E-state index contributed by atoms with van der Waals surface area (Å²) in [6.45, 7) is 0. The van der Waals surface area contributed by atoms with Gasteiger partial charge in [-0.2, -0.15) is 0 Å². The summed E-state index contributed by atoms with van der Waals surface area (Å²) < 4.78 is 4.79. The Morgan fingerprint density at radius 3 is 2.78 bits per heavy atom. The van der Waals surface area contributed by atoms with Crippen LogP contribution in [0.15, 0.2) is 0 Å². The molecular weight excluding hydrogens is 160 g/mol. The van der Waals surface area contributed by atoms with Crippen molar-refractivity contribution in [2.24, 2.45) is 0 Å². The fourth-order valence-electron chi connectivity index (χ4n) is 0.180. The average Bonchev–Trinajstić information content (AvgIpc) is 1.83. The van der Waals surface area contributed by atoms with E-state index in [9.17, 15) is 4.79 Å². The molecular formula is C4H6O3S2. The van der Waals surface area contributed by atoms with Gasteiger partial charge in [-0.25, -0.2) is 0 Å². The van der Waals surface area contributed by atoms with Gasteiger partial charge in [-0.15, -0.1) is 0 Å². The molecule has 0 bridgehead atoms. The summed E-state index contributed by atoms with van der Waals surface area (Å²) in [6, 6.07) is 0. The topological polar surface area (TPSA) is 46.5 Å². The second kappa shape index (κ2) is 4.58. The van der Waals surface area contributed by atoms with Gasteiger partial charge in [-0.3, -0.25) is 4.79 Å². The van der Waals surface area contributed by atoms with E-state index in [4.69, 9.17) is 5.11 Å². The fourth-order valence-corrected chi connectivity index (χ4v) is 0.716. The largest absolute Gasteiger partial charge is 0.482 e. The van der Waals surface area contributed by atoms with Crippen molar-refractivity contribution in [3.05, 3.63) is 0 Å². The first-order valence-electron chi connectivity index (χ1n) is 2.09. The average molecular weight is 166 g/mol. The van der Waals surface area contributed by atoms with Gasteiger partial charge < -0.3 is 9.84 Å². The van der Waals surface area contributed by atoms with Crippen LogP contribution in [0.1, 0.15) is 0 Å². The molecule has 0 aromatic heterocycles. The molecule has 5 heteroatoms. The minimum absolute atomic E-state index is 0.0350. The Morgan fingerprint density at radius 2 is 2.44 bits per heavy atom. The monoisotopic (exact) mass is 166 g/mol. The number of hydrogen-bond donors (Lipinski definition) is 1. The summed E-state index contributed by atoms with van der Waals surface area (Å²) in [5.41, 5.74) is 0. The number of thioether (sulfide) groups is 1. The third-order valence-corrected chi connectivity index (χ3v) is 1.79. The summed E-state index contributed by atoms with van der Waals surface area (Å²) in [5, 5.41) is 8.12. The minimum Gasteiger partial charge on any atom is -0.482 e. The second-order valence-corrected chi connectivity index (χ2v) is 2.71. The molecule has 0 amide bonds. The van der Waals surface area contributed by atoms with Crippen molar-refractivity contribution in [2.75, 3.05) is 12.9 Å². The molecule has 0 saturated carbocycles. The van der Waals surface area contributed by atoms with Crippen LogP contribution >= 0.6 is 24.0 Å². The van der Waals surface area contributed by atoms with E-state index in [1.165, 1.54) is 7.11 Å². The second-order valence-electron chi connectivity index (χ2n) is 1.14. The summed E-state index contributed by atoms with van der Waals surface area (Å²) in [5.74, 6) is -0.924. The van der Waals surface area contributed by atoms with Gasteiger partial charge >= 0.3 is 5.97 Å². The van der Waals surface area contributed by atoms with Crippen LogP contribution in [0.4, 0.5) is 0 Å². The van der Waals surface area contributed by atoms with Crippen LogP contribution < -0.4 is 0 Å². The number of carbonyl (C=O) groups is 1. The summed E-state index contributed by atoms with van der Waals surface area (Å²) >= 11 is 5.55. The molecule has 0 heterocycles. The zero-order valence-corrected chi connectivity index (χ0v) is 6.42. The van der Waals surface area contributed by atoms with Gasteiger partial charge in [0, 0.05) is 0 Å². The molecule has 0 spiro atoms. The van der Waals surface area contributed by atoms with Crippen LogP contribution in [0.3, 0.4) is 0 Å². The number of carboxylic acids is 1. The third kappa shape index (κ3) is 5.58. The molecule has 0 radical (unpaired) electrons. The highest BCUT2D eigenvalue weighted by Gasteiger charge is 1.99. The Balaban J connectivity index is 3.28. The van der Waals surface area contributed by atoms with Gasteiger partial charge in [-0.05, 0) is 12.2 Å². The maximum absolute atomic E-state index is 9.88. The lowest BCUT2D eigenvalue weighted by Gasteiger charge is -1.95. The number of ether oxygens (including phenoxy) is 1. The third-order valence-electron chi connectivity index (χ3n) is 0.480. The first-order chi connectivity index (χ1) is 4.16. The van der Waals surface area contributed by atoms with E-state index in [-0.39, 0.29) is 10.1 Å². The summed E-state index contributed by atoms with van der Waals surface area (Å²) in [4.78, 5) is 9.88. The number of aliphatic carboxylic acids is 1. The highest BCUT2D eigenvalue weighted by Crippen LogP contribution is 2.03. The Kier molecular flexibility index (Phi) is 4.43. The molecule has 0 unspecified atom stereocenters. The van der Waals surface area contributed by atoms with E-state index < -0.39 is 5.97 Å². The van der Waals surface area contributed by atoms with Crippen molar-refractivity contribution in [1.82, 2.24) is 0 Å². The standard InChI is InChI=1S/C4H6O3S2/c1-7-4(8)9-2-3(5)6/h2H2,1H3,(H,5,6). The maximum Gasteiger partial charge on any atom is 0.313 e. The van der Waals surface area contributed by atoms with Crippen LogP contribution in [0, 0.1) is 0 Å². The maximum atomic E-state index is 9.88.